The van der Waals surface area contributed by atoms with Crippen LogP contribution in [0, 0.1) is 0 Å². The summed E-state index contributed by atoms with van der Waals surface area (Å²) in [5.41, 5.74) is 8.05. The number of nitrogens with two attached hydrogens (primary N) is 1. The van der Waals surface area contributed by atoms with Crippen LogP contribution in [0.3, 0.4) is 0 Å². The molecule has 0 radical (unpaired) electrons. The van der Waals surface area contributed by atoms with E-state index in [1.807, 2.05) is 18.2 Å². The van der Waals surface area contributed by atoms with Crippen molar-refractivity contribution in [3.63, 3.8) is 0 Å². The second-order valence-corrected chi connectivity index (χ2v) is 4.91. The maximum atomic E-state index is 6.37. The summed E-state index contributed by atoms with van der Waals surface area (Å²) in [4.78, 5) is 0. The molecule has 0 saturated heterocycles. The van der Waals surface area contributed by atoms with Gasteiger partial charge in [0.05, 0.1) is 27.4 Å². The maximum Gasteiger partial charge on any atom is 0.127 e. The van der Waals surface area contributed by atoms with E-state index in [-0.39, 0.29) is 0 Å². The lowest BCUT2D eigenvalue weighted by Gasteiger charge is -2.19. The SMILES string of the molecule is COc1ccc(C(N)c2ccc(Cl)cc2OC)c(OC)c1. The topological polar surface area (TPSA) is 53.7 Å². The van der Waals surface area contributed by atoms with Crippen LogP contribution in [-0.4, -0.2) is 21.3 Å². The monoisotopic (exact) mass is 307 g/mol. The molecule has 0 aliphatic rings. The van der Waals surface area contributed by atoms with Crippen molar-refractivity contribution in [3.05, 3.63) is 52.5 Å². The summed E-state index contributed by atoms with van der Waals surface area (Å²) in [5, 5.41) is 0.601. The number of benzene rings is 2. The van der Waals surface area contributed by atoms with E-state index >= 15 is 0 Å². The first-order chi connectivity index (χ1) is 10.1. The van der Waals surface area contributed by atoms with Gasteiger partial charge in [-0.05, 0) is 24.3 Å². The third-order valence-electron chi connectivity index (χ3n) is 3.31. The average Bonchev–Trinajstić information content (AvgIpc) is 2.53. The Bertz CT molecular complexity index is 631. The first-order valence-electron chi connectivity index (χ1n) is 6.41. The fourth-order valence-corrected chi connectivity index (χ4v) is 2.35. The van der Waals surface area contributed by atoms with E-state index in [0.717, 1.165) is 11.1 Å². The number of ether oxygens (including phenoxy) is 3. The van der Waals surface area contributed by atoms with Crippen molar-refractivity contribution in [1.82, 2.24) is 0 Å². The molecule has 0 bridgehead atoms. The molecule has 4 nitrogen and oxygen atoms in total. The minimum atomic E-state index is -0.391. The van der Waals surface area contributed by atoms with Crippen LogP contribution in [0.25, 0.3) is 0 Å². The molecular weight excluding hydrogens is 290 g/mol. The predicted molar refractivity (Wildman–Crippen MR) is 83.6 cm³/mol. The largest absolute Gasteiger partial charge is 0.497 e. The van der Waals surface area contributed by atoms with Crippen molar-refractivity contribution in [1.29, 1.82) is 0 Å². The van der Waals surface area contributed by atoms with Gasteiger partial charge < -0.3 is 19.9 Å². The van der Waals surface area contributed by atoms with E-state index in [4.69, 9.17) is 31.5 Å². The van der Waals surface area contributed by atoms with Crippen LogP contribution in [0.2, 0.25) is 5.02 Å². The minimum absolute atomic E-state index is 0.391. The zero-order valence-electron chi connectivity index (χ0n) is 12.2. The van der Waals surface area contributed by atoms with Crippen molar-refractivity contribution < 1.29 is 14.2 Å². The van der Waals surface area contributed by atoms with Crippen molar-refractivity contribution in [2.75, 3.05) is 21.3 Å². The number of methoxy groups -OCH3 is 3. The fraction of sp³-hybridized carbons (Fsp3) is 0.250. The normalized spacial score (nSPS) is 11.9. The van der Waals surface area contributed by atoms with Gasteiger partial charge in [-0.15, -0.1) is 0 Å². The lowest BCUT2D eigenvalue weighted by atomic mass is 9.97. The lowest BCUT2D eigenvalue weighted by Crippen LogP contribution is -2.14. The van der Waals surface area contributed by atoms with Gasteiger partial charge in [0, 0.05) is 22.2 Å². The molecule has 21 heavy (non-hydrogen) atoms. The molecule has 0 fully saturated rings. The molecule has 1 atom stereocenters. The van der Waals surface area contributed by atoms with Crippen molar-refractivity contribution >= 4 is 11.6 Å². The van der Waals surface area contributed by atoms with Crippen LogP contribution in [0.15, 0.2) is 36.4 Å². The first kappa shape index (κ1) is 15.5. The smallest absolute Gasteiger partial charge is 0.127 e. The molecule has 1 unspecified atom stereocenters. The third kappa shape index (κ3) is 3.23. The Morgan fingerprint density at radius 1 is 0.857 bits per heavy atom. The number of hydrogen-bond donors (Lipinski definition) is 1. The zero-order chi connectivity index (χ0) is 15.4. The Morgan fingerprint density at radius 2 is 1.43 bits per heavy atom. The standard InChI is InChI=1S/C16H18ClNO3/c1-19-11-5-7-13(15(9-11)21-3)16(18)12-6-4-10(17)8-14(12)20-2/h4-9,16H,18H2,1-3H3. The summed E-state index contributed by atoms with van der Waals surface area (Å²) in [5.74, 6) is 2.03. The molecule has 0 aliphatic heterocycles. The highest BCUT2D eigenvalue weighted by molar-refractivity contribution is 6.30. The molecule has 2 aromatic carbocycles. The van der Waals surface area contributed by atoms with E-state index in [9.17, 15) is 0 Å². The Hall–Kier alpha value is -1.91. The van der Waals surface area contributed by atoms with Gasteiger partial charge in [0.25, 0.3) is 0 Å². The number of rotatable bonds is 5. The van der Waals surface area contributed by atoms with Gasteiger partial charge in [-0.1, -0.05) is 17.7 Å². The summed E-state index contributed by atoms with van der Waals surface area (Å²) >= 11 is 5.98. The molecule has 0 heterocycles. The highest BCUT2D eigenvalue weighted by Crippen LogP contribution is 2.36. The van der Waals surface area contributed by atoms with Gasteiger partial charge in [-0.2, -0.15) is 0 Å². The van der Waals surface area contributed by atoms with Crippen molar-refractivity contribution in [2.45, 2.75) is 6.04 Å². The molecular formula is C16H18ClNO3. The van der Waals surface area contributed by atoms with Crippen LogP contribution in [-0.2, 0) is 0 Å². The molecule has 0 aliphatic carbocycles. The van der Waals surface area contributed by atoms with E-state index in [0.29, 0.717) is 22.3 Å². The zero-order valence-corrected chi connectivity index (χ0v) is 13.0. The van der Waals surface area contributed by atoms with Gasteiger partial charge in [0.1, 0.15) is 17.2 Å². The summed E-state index contributed by atoms with van der Waals surface area (Å²) < 4.78 is 16.0. The second kappa shape index (κ2) is 6.70. The van der Waals surface area contributed by atoms with E-state index < -0.39 is 6.04 Å². The van der Waals surface area contributed by atoms with Gasteiger partial charge >= 0.3 is 0 Å². The van der Waals surface area contributed by atoms with Crippen LogP contribution < -0.4 is 19.9 Å². The Kier molecular flexibility index (Phi) is 4.94. The van der Waals surface area contributed by atoms with Crippen molar-refractivity contribution in [3.8, 4) is 17.2 Å². The molecule has 0 amide bonds. The number of halogens is 1. The average molecular weight is 308 g/mol. The Labute approximate surface area is 129 Å². The van der Waals surface area contributed by atoms with Crippen molar-refractivity contribution in [2.24, 2.45) is 5.73 Å². The van der Waals surface area contributed by atoms with Gasteiger partial charge in [0.2, 0.25) is 0 Å². The number of hydrogen-bond acceptors (Lipinski definition) is 4. The quantitative estimate of drug-likeness (QED) is 0.919. The van der Waals surface area contributed by atoms with E-state index in [1.54, 1.807) is 39.5 Å². The van der Waals surface area contributed by atoms with Gasteiger partial charge in [-0.3, -0.25) is 0 Å². The molecule has 2 N–H and O–H groups in total. The molecule has 2 aromatic rings. The minimum Gasteiger partial charge on any atom is -0.497 e. The summed E-state index contributed by atoms with van der Waals surface area (Å²) in [6, 6.07) is 10.5. The predicted octanol–water partition coefficient (Wildman–Crippen LogP) is 3.41. The summed E-state index contributed by atoms with van der Waals surface area (Å²) in [6.45, 7) is 0. The first-order valence-corrected chi connectivity index (χ1v) is 6.79. The van der Waals surface area contributed by atoms with Crippen LogP contribution in [0.1, 0.15) is 17.2 Å². The second-order valence-electron chi connectivity index (χ2n) is 4.47. The Balaban J connectivity index is 2.46. The molecule has 112 valence electrons. The third-order valence-corrected chi connectivity index (χ3v) is 3.54. The highest BCUT2D eigenvalue weighted by atomic mass is 35.5. The summed E-state index contributed by atoms with van der Waals surface area (Å²) in [7, 11) is 4.80. The van der Waals surface area contributed by atoms with E-state index in [2.05, 4.69) is 0 Å². The van der Waals surface area contributed by atoms with Crippen LogP contribution in [0.5, 0.6) is 17.2 Å². The maximum absolute atomic E-state index is 6.37. The van der Waals surface area contributed by atoms with E-state index in [1.165, 1.54) is 0 Å². The molecule has 0 aromatic heterocycles. The van der Waals surface area contributed by atoms with Gasteiger partial charge in [0.15, 0.2) is 0 Å². The van der Waals surface area contributed by atoms with Gasteiger partial charge in [-0.25, -0.2) is 0 Å². The van der Waals surface area contributed by atoms with Crippen LogP contribution >= 0.6 is 11.6 Å². The highest BCUT2D eigenvalue weighted by Gasteiger charge is 2.18. The molecule has 5 heteroatoms. The lowest BCUT2D eigenvalue weighted by molar-refractivity contribution is 0.388. The Morgan fingerprint density at radius 3 is 2.00 bits per heavy atom. The summed E-state index contributed by atoms with van der Waals surface area (Å²) in [6.07, 6.45) is 0. The molecule has 0 saturated carbocycles. The molecule has 2 rings (SSSR count). The van der Waals surface area contributed by atoms with Crippen LogP contribution in [0.4, 0.5) is 0 Å². The fourth-order valence-electron chi connectivity index (χ4n) is 2.18. The molecule has 0 spiro atoms.